The van der Waals surface area contributed by atoms with Gasteiger partial charge in [0.2, 0.25) is 0 Å². The monoisotopic (exact) mass is 315 g/mol. The summed E-state index contributed by atoms with van der Waals surface area (Å²) in [6.07, 6.45) is 1.91. The molecule has 0 spiro atoms. The first-order valence-electron chi connectivity index (χ1n) is 8.16. The molecule has 0 saturated heterocycles. The molecule has 2 heteroatoms. The van der Waals surface area contributed by atoms with Gasteiger partial charge in [-0.25, -0.2) is 0 Å². The highest BCUT2D eigenvalue weighted by molar-refractivity contribution is 5.80. The topological polar surface area (TPSA) is 21.6 Å². The summed E-state index contributed by atoms with van der Waals surface area (Å²) in [4.78, 5) is 4.64. The molecular weight excluding hydrogens is 294 g/mol. The van der Waals surface area contributed by atoms with Crippen molar-refractivity contribution in [2.24, 2.45) is 4.99 Å². The predicted molar refractivity (Wildman–Crippen MR) is 99.7 cm³/mol. The number of benzene rings is 3. The molecule has 1 atom stereocenters. The molecule has 0 N–H and O–H groups in total. The molecule has 24 heavy (non-hydrogen) atoms. The van der Waals surface area contributed by atoms with Gasteiger partial charge in [0.15, 0.2) is 0 Å². The highest BCUT2D eigenvalue weighted by atomic mass is 16.5. The number of aliphatic imine (C=N–C) groups is 1. The minimum absolute atomic E-state index is 0.139. The third-order valence-corrected chi connectivity index (χ3v) is 3.84. The molecular formula is C22H21NO. The Morgan fingerprint density at radius 3 is 2.33 bits per heavy atom. The van der Waals surface area contributed by atoms with Crippen LogP contribution in [-0.4, -0.2) is 6.21 Å². The van der Waals surface area contributed by atoms with Gasteiger partial charge in [-0.15, -0.1) is 0 Å². The summed E-state index contributed by atoms with van der Waals surface area (Å²) in [7, 11) is 0. The Bertz CT molecular complexity index is 781. The maximum atomic E-state index is 5.86. The van der Waals surface area contributed by atoms with Gasteiger partial charge in [0.1, 0.15) is 12.4 Å². The molecule has 3 rings (SSSR count). The second-order valence-electron chi connectivity index (χ2n) is 5.71. The summed E-state index contributed by atoms with van der Waals surface area (Å²) in [6.45, 7) is 2.67. The van der Waals surface area contributed by atoms with Crippen LogP contribution in [0, 0.1) is 0 Å². The van der Waals surface area contributed by atoms with Crippen LogP contribution < -0.4 is 4.74 Å². The molecule has 0 amide bonds. The average Bonchev–Trinajstić information content (AvgIpc) is 2.66. The van der Waals surface area contributed by atoms with Crippen LogP contribution in [0.1, 0.15) is 29.7 Å². The van der Waals surface area contributed by atoms with Gasteiger partial charge in [-0.2, -0.15) is 0 Å². The molecule has 1 unspecified atom stereocenters. The molecule has 120 valence electrons. The first-order valence-corrected chi connectivity index (χ1v) is 8.16. The van der Waals surface area contributed by atoms with Crippen molar-refractivity contribution in [3.8, 4) is 5.75 Å². The standard InChI is InChI=1S/C22H21NO/c1-18(21-12-6-3-7-13-21)23-16-20-11-8-14-22(15-20)24-17-19-9-4-2-5-10-19/h2-16,18H,17H2,1H3. The maximum absolute atomic E-state index is 5.86. The van der Waals surface area contributed by atoms with E-state index in [1.165, 1.54) is 5.56 Å². The molecule has 0 saturated carbocycles. The van der Waals surface area contributed by atoms with Crippen molar-refractivity contribution >= 4 is 6.21 Å². The Morgan fingerprint density at radius 1 is 0.875 bits per heavy atom. The van der Waals surface area contributed by atoms with Gasteiger partial charge in [-0.1, -0.05) is 72.8 Å². The second-order valence-corrected chi connectivity index (χ2v) is 5.71. The fourth-order valence-corrected chi connectivity index (χ4v) is 2.44. The van der Waals surface area contributed by atoms with Gasteiger partial charge in [0, 0.05) is 6.21 Å². The van der Waals surface area contributed by atoms with Crippen LogP contribution in [0.2, 0.25) is 0 Å². The molecule has 0 aromatic heterocycles. The van der Waals surface area contributed by atoms with Crippen molar-refractivity contribution in [3.05, 3.63) is 102 Å². The minimum atomic E-state index is 0.139. The van der Waals surface area contributed by atoms with Crippen LogP contribution in [0.3, 0.4) is 0 Å². The highest BCUT2D eigenvalue weighted by Gasteiger charge is 2.01. The first kappa shape index (κ1) is 16.0. The number of hydrogen-bond acceptors (Lipinski definition) is 2. The van der Waals surface area contributed by atoms with Crippen molar-refractivity contribution in [3.63, 3.8) is 0 Å². The van der Waals surface area contributed by atoms with Crippen LogP contribution >= 0.6 is 0 Å². The summed E-state index contributed by atoms with van der Waals surface area (Å²) < 4.78 is 5.86. The van der Waals surface area contributed by atoms with Crippen LogP contribution in [0.5, 0.6) is 5.75 Å². The Kier molecular flexibility index (Phi) is 5.41. The lowest BCUT2D eigenvalue weighted by molar-refractivity contribution is 0.306. The molecule has 0 aliphatic carbocycles. The van der Waals surface area contributed by atoms with Crippen LogP contribution in [0.25, 0.3) is 0 Å². The predicted octanol–water partition coefficient (Wildman–Crippen LogP) is 5.45. The van der Waals surface area contributed by atoms with Crippen LogP contribution in [0.4, 0.5) is 0 Å². The van der Waals surface area contributed by atoms with Crippen molar-refractivity contribution in [1.29, 1.82) is 0 Å². The van der Waals surface area contributed by atoms with Crippen LogP contribution in [-0.2, 0) is 6.61 Å². The van der Waals surface area contributed by atoms with Gasteiger partial charge in [0.25, 0.3) is 0 Å². The van der Waals surface area contributed by atoms with E-state index in [2.05, 4.69) is 36.2 Å². The number of hydrogen-bond donors (Lipinski definition) is 0. The smallest absolute Gasteiger partial charge is 0.120 e. The van der Waals surface area contributed by atoms with E-state index in [0.717, 1.165) is 16.9 Å². The molecule has 2 nitrogen and oxygen atoms in total. The summed E-state index contributed by atoms with van der Waals surface area (Å²) >= 11 is 0. The van der Waals surface area contributed by atoms with E-state index in [9.17, 15) is 0 Å². The largest absolute Gasteiger partial charge is 0.489 e. The quantitative estimate of drug-likeness (QED) is 0.555. The zero-order valence-electron chi connectivity index (χ0n) is 13.8. The Hall–Kier alpha value is -2.87. The fourth-order valence-electron chi connectivity index (χ4n) is 2.44. The van der Waals surface area contributed by atoms with Gasteiger partial charge < -0.3 is 4.74 Å². The van der Waals surface area contributed by atoms with E-state index in [1.54, 1.807) is 0 Å². The highest BCUT2D eigenvalue weighted by Crippen LogP contribution is 2.17. The Labute approximate surface area is 143 Å². The maximum Gasteiger partial charge on any atom is 0.120 e. The molecule has 0 fully saturated rings. The number of nitrogens with zero attached hydrogens (tertiary/aromatic N) is 1. The Balaban J connectivity index is 1.63. The van der Waals surface area contributed by atoms with Crippen molar-refractivity contribution < 1.29 is 4.74 Å². The number of rotatable bonds is 6. The lowest BCUT2D eigenvalue weighted by Gasteiger charge is -2.08. The fraction of sp³-hybridized carbons (Fsp3) is 0.136. The first-order chi connectivity index (χ1) is 11.8. The second kappa shape index (κ2) is 8.11. The zero-order valence-corrected chi connectivity index (χ0v) is 13.8. The van der Waals surface area contributed by atoms with Crippen molar-refractivity contribution in [1.82, 2.24) is 0 Å². The lowest BCUT2D eigenvalue weighted by atomic mass is 10.1. The summed E-state index contributed by atoms with van der Waals surface area (Å²) in [5, 5.41) is 0. The summed E-state index contributed by atoms with van der Waals surface area (Å²) in [6, 6.07) is 28.6. The van der Waals surface area contributed by atoms with Gasteiger partial charge in [-0.3, -0.25) is 4.99 Å². The summed E-state index contributed by atoms with van der Waals surface area (Å²) in [5.41, 5.74) is 3.42. The normalized spacial score (nSPS) is 12.2. The van der Waals surface area contributed by atoms with E-state index in [1.807, 2.05) is 66.9 Å². The molecule has 3 aromatic rings. The van der Waals surface area contributed by atoms with Crippen LogP contribution in [0.15, 0.2) is 89.9 Å². The molecule has 0 bridgehead atoms. The molecule has 0 aliphatic heterocycles. The van der Waals surface area contributed by atoms with E-state index >= 15 is 0 Å². The average molecular weight is 315 g/mol. The van der Waals surface area contributed by atoms with E-state index in [0.29, 0.717) is 6.61 Å². The minimum Gasteiger partial charge on any atom is -0.489 e. The number of ether oxygens (including phenoxy) is 1. The van der Waals surface area contributed by atoms with Gasteiger partial charge in [-0.05, 0) is 35.7 Å². The molecule has 0 radical (unpaired) electrons. The molecule has 0 heterocycles. The zero-order chi connectivity index (χ0) is 16.6. The van der Waals surface area contributed by atoms with Crippen molar-refractivity contribution in [2.75, 3.05) is 0 Å². The SMILES string of the molecule is CC(N=Cc1cccc(OCc2ccccc2)c1)c1ccccc1. The van der Waals surface area contributed by atoms with Gasteiger partial charge >= 0.3 is 0 Å². The molecule has 0 aliphatic rings. The van der Waals surface area contributed by atoms with E-state index in [4.69, 9.17) is 4.74 Å². The van der Waals surface area contributed by atoms with E-state index in [-0.39, 0.29) is 6.04 Å². The molecule has 3 aromatic carbocycles. The third-order valence-electron chi connectivity index (χ3n) is 3.84. The summed E-state index contributed by atoms with van der Waals surface area (Å²) in [5.74, 6) is 0.857. The lowest BCUT2D eigenvalue weighted by Crippen LogP contribution is -1.96. The van der Waals surface area contributed by atoms with E-state index < -0.39 is 0 Å². The van der Waals surface area contributed by atoms with Crippen molar-refractivity contribution in [2.45, 2.75) is 19.6 Å². The van der Waals surface area contributed by atoms with Gasteiger partial charge in [0.05, 0.1) is 6.04 Å². The third kappa shape index (κ3) is 4.56. The Morgan fingerprint density at radius 2 is 1.58 bits per heavy atom.